The van der Waals surface area contributed by atoms with Crippen molar-refractivity contribution in [2.75, 3.05) is 13.7 Å². The maximum atomic E-state index is 12.1. The lowest BCUT2D eigenvalue weighted by molar-refractivity contribution is -0.140. The molecule has 2 aromatic rings. The van der Waals surface area contributed by atoms with E-state index < -0.39 is 0 Å². The number of carbonyl (C=O) groups excluding carboxylic acids is 2. The summed E-state index contributed by atoms with van der Waals surface area (Å²) in [5.74, 6) is 0.0243. The molecule has 1 aliphatic rings. The van der Waals surface area contributed by atoms with E-state index in [2.05, 4.69) is 34.3 Å². The molecule has 3 rings (SSSR count). The Hall–Kier alpha value is -2.36. The number of carbonyl (C=O) groups is 2. The van der Waals surface area contributed by atoms with Crippen LogP contribution >= 0.6 is 0 Å². The molecule has 1 amide bonds. The Labute approximate surface area is 129 Å². The van der Waals surface area contributed by atoms with Gasteiger partial charge in [0.15, 0.2) is 0 Å². The van der Waals surface area contributed by atoms with Crippen LogP contribution in [-0.2, 0) is 14.3 Å². The summed E-state index contributed by atoms with van der Waals surface area (Å²) < 4.78 is 4.56. The summed E-state index contributed by atoms with van der Waals surface area (Å²) in [6, 6.07) is 14.5. The molecule has 22 heavy (non-hydrogen) atoms. The first-order valence-electron chi connectivity index (χ1n) is 7.53. The summed E-state index contributed by atoms with van der Waals surface area (Å²) in [5.41, 5.74) is 1.24. The minimum atomic E-state index is -0.304. The Morgan fingerprint density at radius 2 is 1.95 bits per heavy atom. The van der Waals surface area contributed by atoms with Crippen LogP contribution in [0.3, 0.4) is 0 Å². The van der Waals surface area contributed by atoms with Gasteiger partial charge >= 0.3 is 5.97 Å². The first-order valence-corrected chi connectivity index (χ1v) is 7.53. The minimum absolute atomic E-state index is 0.0171. The highest BCUT2D eigenvalue weighted by molar-refractivity contribution is 5.89. The fourth-order valence-corrected chi connectivity index (χ4v) is 2.92. The van der Waals surface area contributed by atoms with Gasteiger partial charge in [-0.3, -0.25) is 9.59 Å². The number of fused-ring (bicyclic) bond motifs is 1. The van der Waals surface area contributed by atoms with Gasteiger partial charge in [-0.05, 0) is 28.7 Å². The van der Waals surface area contributed by atoms with Crippen LogP contribution in [0.25, 0.3) is 10.8 Å². The summed E-state index contributed by atoms with van der Waals surface area (Å²) in [7, 11) is 1.35. The molecular formula is C18H19NO3. The average Bonchev–Trinajstić information content (AvgIpc) is 3.34. The Bertz CT molecular complexity index is 705. The van der Waals surface area contributed by atoms with Gasteiger partial charge in [0.25, 0.3) is 0 Å². The van der Waals surface area contributed by atoms with E-state index >= 15 is 0 Å². The van der Waals surface area contributed by atoms with Gasteiger partial charge < -0.3 is 10.1 Å². The average molecular weight is 297 g/mol. The van der Waals surface area contributed by atoms with Crippen LogP contribution in [0.2, 0.25) is 0 Å². The van der Waals surface area contributed by atoms with E-state index in [0.29, 0.717) is 6.54 Å². The minimum Gasteiger partial charge on any atom is -0.469 e. The number of rotatable bonds is 5. The van der Waals surface area contributed by atoms with Crippen molar-refractivity contribution < 1.29 is 14.3 Å². The molecule has 4 nitrogen and oxygen atoms in total. The lowest BCUT2D eigenvalue weighted by Crippen LogP contribution is -2.28. The number of nitrogens with one attached hydrogen (secondary N) is 1. The number of methoxy groups -OCH3 is 1. The smallest absolute Gasteiger partial charge is 0.307 e. The van der Waals surface area contributed by atoms with Gasteiger partial charge in [0.2, 0.25) is 5.91 Å². The summed E-state index contributed by atoms with van der Waals surface area (Å²) in [6.45, 7) is 0.338. The van der Waals surface area contributed by atoms with E-state index in [1.54, 1.807) is 0 Å². The quantitative estimate of drug-likeness (QED) is 0.863. The van der Waals surface area contributed by atoms with Crippen LogP contribution in [0.15, 0.2) is 42.5 Å². The molecule has 2 unspecified atom stereocenters. The van der Waals surface area contributed by atoms with E-state index in [4.69, 9.17) is 0 Å². The van der Waals surface area contributed by atoms with E-state index in [1.165, 1.54) is 23.4 Å². The van der Waals surface area contributed by atoms with E-state index in [1.807, 2.05) is 18.2 Å². The lowest BCUT2D eigenvalue weighted by Gasteiger charge is -2.07. The molecule has 2 aromatic carbocycles. The Morgan fingerprint density at radius 3 is 2.77 bits per heavy atom. The SMILES string of the molecule is COC(=O)CCNC(=O)C1CC1c1cccc2ccccc12. The van der Waals surface area contributed by atoms with E-state index in [0.717, 1.165) is 6.42 Å². The molecule has 2 atom stereocenters. The molecule has 0 spiro atoms. The first-order chi connectivity index (χ1) is 10.7. The second kappa shape index (κ2) is 6.18. The highest BCUT2D eigenvalue weighted by Crippen LogP contribution is 2.49. The number of ether oxygens (including phenoxy) is 1. The van der Waals surface area contributed by atoms with Crippen molar-refractivity contribution in [1.29, 1.82) is 0 Å². The third-order valence-corrected chi connectivity index (χ3v) is 4.21. The maximum absolute atomic E-state index is 12.1. The Kier molecular flexibility index (Phi) is 4.09. The van der Waals surface area contributed by atoms with Crippen LogP contribution < -0.4 is 5.32 Å². The molecule has 1 saturated carbocycles. The number of esters is 1. The van der Waals surface area contributed by atoms with Crippen LogP contribution in [0.5, 0.6) is 0 Å². The zero-order valence-corrected chi connectivity index (χ0v) is 12.5. The first kappa shape index (κ1) is 14.6. The van der Waals surface area contributed by atoms with Crippen molar-refractivity contribution >= 4 is 22.6 Å². The molecule has 1 aliphatic carbocycles. The van der Waals surface area contributed by atoms with Gasteiger partial charge in [0.05, 0.1) is 13.5 Å². The third-order valence-electron chi connectivity index (χ3n) is 4.21. The standard InChI is InChI=1S/C18H19NO3/c1-22-17(20)9-10-19-18(21)16-11-15(16)14-8-4-6-12-5-2-3-7-13(12)14/h2-8,15-16H,9-11H2,1H3,(H,19,21). The van der Waals surface area contributed by atoms with Gasteiger partial charge in [-0.2, -0.15) is 0 Å². The molecule has 0 radical (unpaired) electrons. The third kappa shape index (κ3) is 2.96. The molecule has 1 fully saturated rings. The summed E-state index contributed by atoms with van der Waals surface area (Å²) in [6.07, 6.45) is 1.09. The summed E-state index contributed by atoms with van der Waals surface area (Å²) >= 11 is 0. The molecular weight excluding hydrogens is 278 g/mol. The lowest BCUT2D eigenvalue weighted by atomic mass is 10.00. The number of amides is 1. The van der Waals surface area contributed by atoms with E-state index in [-0.39, 0.29) is 30.1 Å². The van der Waals surface area contributed by atoms with Crippen molar-refractivity contribution in [3.05, 3.63) is 48.0 Å². The highest BCUT2D eigenvalue weighted by atomic mass is 16.5. The molecule has 0 aromatic heterocycles. The van der Waals surface area contributed by atoms with Gasteiger partial charge in [-0.25, -0.2) is 0 Å². The monoisotopic (exact) mass is 297 g/mol. The zero-order chi connectivity index (χ0) is 15.5. The van der Waals surface area contributed by atoms with Crippen molar-refractivity contribution in [1.82, 2.24) is 5.32 Å². The fraction of sp³-hybridized carbons (Fsp3) is 0.333. The molecule has 0 bridgehead atoms. The van der Waals surface area contributed by atoms with E-state index in [9.17, 15) is 9.59 Å². The van der Waals surface area contributed by atoms with Crippen molar-refractivity contribution in [2.45, 2.75) is 18.8 Å². The Balaban J connectivity index is 1.63. The highest BCUT2D eigenvalue weighted by Gasteiger charge is 2.44. The fourth-order valence-electron chi connectivity index (χ4n) is 2.92. The number of benzene rings is 2. The summed E-state index contributed by atoms with van der Waals surface area (Å²) in [5, 5.41) is 5.25. The van der Waals surface area contributed by atoms with Crippen LogP contribution in [0, 0.1) is 5.92 Å². The largest absolute Gasteiger partial charge is 0.469 e. The second-order valence-electron chi connectivity index (χ2n) is 5.63. The molecule has 4 heteroatoms. The maximum Gasteiger partial charge on any atom is 0.307 e. The number of hydrogen-bond acceptors (Lipinski definition) is 3. The zero-order valence-electron chi connectivity index (χ0n) is 12.5. The van der Waals surface area contributed by atoms with Crippen molar-refractivity contribution in [2.24, 2.45) is 5.92 Å². The Morgan fingerprint density at radius 1 is 1.18 bits per heavy atom. The van der Waals surface area contributed by atoms with Gasteiger partial charge in [-0.1, -0.05) is 42.5 Å². The molecule has 114 valence electrons. The second-order valence-corrected chi connectivity index (χ2v) is 5.63. The predicted molar refractivity (Wildman–Crippen MR) is 84.4 cm³/mol. The summed E-state index contributed by atoms with van der Waals surface area (Å²) in [4.78, 5) is 23.2. The van der Waals surface area contributed by atoms with Gasteiger partial charge in [-0.15, -0.1) is 0 Å². The van der Waals surface area contributed by atoms with Gasteiger partial charge in [0, 0.05) is 12.5 Å². The predicted octanol–water partition coefficient (Wildman–Crippen LogP) is 2.62. The molecule has 0 aliphatic heterocycles. The van der Waals surface area contributed by atoms with Crippen LogP contribution in [-0.4, -0.2) is 25.5 Å². The molecule has 0 heterocycles. The van der Waals surface area contributed by atoms with Gasteiger partial charge in [0.1, 0.15) is 0 Å². The molecule has 1 N–H and O–H groups in total. The van der Waals surface area contributed by atoms with Crippen molar-refractivity contribution in [3.63, 3.8) is 0 Å². The van der Waals surface area contributed by atoms with Crippen molar-refractivity contribution in [3.8, 4) is 0 Å². The molecule has 0 saturated heterocycles. The number of hydrogen-bond donors (Lipinski definition) is 1. The normalized spacial score (nSPS) is 19.7. The van der Waals surface area contributed by atoms with Crippen LogP contribution in [0.1, 0.15) is 24.3 Å². The topological polar surface area (TPSA) is 55.4 Å². The van der Waals surface area contributed by atoms with Crippen LogP contribution in [0.4, 0.5) is 0 Å².